The molecular formula is C10H19N3O2. The van der Waals surface area contributed by atoms with Crippen molar-refractivity contribution in [2.75, 3.05) is 27.3 Å². The Kier molecular flexibility index (Phi) is 5.31. The van der Waals surface area contributed by atoms with Crippen molar-refractivity contribution in [2.24, 2.45) is 5.73 Å². The zero-order valence-electron chi connectivity index (χ0n) is 9.40. The predicted octanol–water partition coefficient (Wildman–Crippen LogP) is 0.602. The summed E-state index contributed by atoms with van der Waals surface area (Å²) in [5.41, 5.74) is 6.24. The minimum Gasteiger partial charge on any atom is -0.385 e. The van der Waals surface area contributed by atoms with E-state index < -0.39 is 0 Å². The van der Waals surface area contributed by atoms with Gasteiger partial charge in [-0.1, -0.05) is 5.16 Å². The lowest BCUT2D eigenvalue weighted by Gasteiger charge is -2.13. The largest absolute Gasteiger partial charge is 0.385 e. The maximum absolute atomic E-state index is 5.44. The molecule has 0 saturated carbocycles. The molecule has 0 aliphatic heterocycles. The van der Waals surface area contributed by atoms with Gasteiger partial charge in [-0.2, -0.15) is 0 Å². The summed E-state index contributed by atoms with van der Waals surface area (Å²) in [6.07, 6.45) is 1.02. The highest BCUT2D eigenvalue weighted by Gasteiger charge is 2.05. The van der Waals surface area contributed by atoms with E-state index in [0.29, 0.717) is 6.54 Å². The van der Waals surface area contributed by atoms with Crippen LogP contribution in [0.2, 0.25) is 0 Å². The third kappa shape index (κ3) is 4.42. The summed E-state index contributed by atoms with van der Waals surface area (Å²) in [6, 6.07) is 1.90. The molecule has 0 aliphatic rings. The highest BCUT2D eigenvalue weighted by atomic mass is 16.5. The van der Waals surface area contributed by atoms with Crippen molar-refractivity contribution < 1.29 is 9.26 Å². The summed E-state index contributed by atoms with van der Waals surface area (Å²) in [6.45, 7) is 2.95. The van der Waals surface area contributed by atoms with Gasteiger partial charge in [-0.15, -0.1) is 0 Å². The second kappa shape index (κ2) is 6.55. The van der Waals surface area contributed by atoms with Gasteiger partial charge in [0.05, 0.1) is 12.2 Å². The summed E-state index contributed by atoms with van der Waals surface area (Å²) in [4.78, 5) is 2.17. The Morgan fingerprint density at radius 3 is 3.00 bits per heavy atom. The van der Waals surface area contributed by atoms with E-state index in [1.807, 2.05) is 13.1 Å². The minimum atomic E-state index is 0.427. The van der Waals surface area contributed by atoms with Gasteiger partial charge in [-0.05, 0) is 13.5 Å². The van der Waals surface area contributed by atoms with Gasteiger partial charge >= 0.3 is 0 Å². The molecule has 1 rings (SSSR count). The molecule has 2 N–H and O–H groups in total. The molecular weight excluding hydrogens is 194 g/mol. The highest BCUT2D eigenvalue weighted by molar-refractivity contribution is 5.04. The van der Waals surface area contributed by atoms with E-state index >= 15 is 0 Å². The fourth-order valence-corrected chi connectivity index (χ4v) is 1.35. The van der Waals surface area contributed by atoms with Crippen molar-refractivity contribution in [1.82, 2.24) is 10.1 Å². The molecule has 1 heterocycles. The lowest BCUT2D eigenvalue weighted by molar-refractivity contribution is 0.174. The molecule has 0 fully saturated rings. The van der Waals surface area contributed by atoms with E-state index in [-0.39, 0.29) is 0 Å². The van der Waals surface area contributed by atoms with Crippen molar-refractivity contribution in [3.63, 3.8) is 0 Å². The van der Waals surface area contributed by atoms with Crippen LogP contribution in [0.4, 0.5) is 0 Å². The molecule has 0 amide bonds. The summed E-state index contributed by atoms with van der Waals surface area (Å²) in [5.74, 6) is 0.857. The molecule has 0 aliphatic carbocycles. The van der Waals surface area contributed by atoms with Crippen LogP contribution in [0.3, 0.4) is 0 Å². The zero-order chi connectivity index (χ0) is 11.1. The lowest BCUT2D eigenvalue weighted by Crippen LogP contribution is -2.19. The van der Waals surface area contributed by atoms with Crippen LogP contribution in [0.5, 0.6) is 0 Å². The Morgan fingerprint density at radius 2 is 2.40 bits per heavy atom. The fourth-order valence-electron chi connectivity index (χ4n) is 1.35. The first-order valence-electron chi connectivity index (χ1n) is 5.08. The van der Waals surface area contributed by atoms with Gasteiger partial charge in [0.25, 0.3) is 0 Å². The first-order valence-corrected chi connectivity index (χ1v) is 5.08. The molecule has 0 aromatic carbocycles. The monoisotopic (exact) mass is 213 g/mol. The molecule has 0 atom stereocenters. The van der Waals surface area contributed by atoms with Crippen molar-refractivity contribution in [1.29, 1.82) is 0 Å². The second-order valence-corrected chi connectivity index (χ2v) is 3.57. The van der Waals surface area contributed by atoms with E-state index in [4.69, 9.17) is 15.0 Å². The summed E-state index contributed by atoms with van der Waals surface area (Å²) in [7, 11) is 3.75. The van der Waals surface area contributed by atoms with E-state index in [1.165, 1.54) is 0 Å². The maximum Gasteiger partial charge on any atom is 0.151 e. The molecule has 0 radical (unpaired) electrons. The summed E-state index contributed by atoms with van der Waals surface area (Å²) in [5, 5.41) is 3.83. The van der Waals surface area contributed by atoms with E-state index in [1.54, 1.807) is 7.11 Å². The average Bonchev–Trinajstić information content (AvgIpc) is 2.66. The summed E-state index contributed by atoms with van der Waals surface area (Å²) >= 11 is 0. The van der Waals surface area contributed by atoms with Crippen LogP contribution in [0.25, 0.3) is 0 Å². The number of nitrogens with zero attached hydrogens (tertiary/aromatic N) is 2. The molecule has 0 saturated heterocycles. The number of ether oxygens (including phenoxy) is 1. The molecule has 15 heavy (non-hydrogen) atoms. The molecule has 1 aromatic heterocycles. The quantitative estimate of drug-likeness (QED) is 0.672. The molecule has 0 spiro atoms. The minimum absolute atomic E-state index is 0.427. The highest BCUT2D eigenvalue weighted by Crippen LogP contribution is 2.05. The fraction of sp³-hybridized carbons (Fsp3) is 0.700. The van der Waals surface area contributed by atoms with Gasteiger partial charge in [0.2, 0.25) is 0 Å². The molecule has 5 nitrogen and oxygen atoms in total. The average molecular weight is 213 g/mol. The number of hydrogen-bond acceptors (Lipinski definition) is 5. The van der Waals surface area contributed by atoms with Crippen molar-refractivity contribution in [3.8, 4) is 0 Å². The lowest BCUT2D eigenvalue weighted by atomic mass is 10.3. The number of hydrogen-bond donors (Lipinski definition) is 1. The standard InChI is InChI=1S/C10H19N3O2/c1-13(4-3-5-14-2)8-10-6-9(7-11)12-15-10/h6H,3-5,7-8,11H2,1-2H3. The maximum atomic E-state index is 5.44. The Bertz CT molecular complexity index is 275. The smallest absolute Gasteiger partial charge is 0.151 e. The third-order valence-electron chi connectivity index (χ3n) is 2.13. The SMILES string of the molecule is COCCCN(C)Cc1cc(CN)no1. The van der Waals surface area contributed by atoms with Crippen LogP contribution < -0.4 is 5.73 Å². The van der Waals surface area contributed by atoms with Crippen LogP contribution in [0.15, 0.2) is 10.6 Å². The number of rotatable bonds is 7. The zero-order valence-corrected chi connectivity index (χ0v) is 9.40. The Hall–Kier alpha value is -0.910. The molecule has 0 bridgehead atoms. The van der Waals surface area contributed by atoms with Crippen LogP contribution >= 0.6 is 0 Å². The topological polar surface area (TPSA) is 64.5 Å². The van der Waals surface area contributed by atoms with Crippen LogP contribution in [0.1, 0.15) is 17.9 Å². The molecule has 86 valence electrons. The van der Waals surface area contributed by atoms with Crippen molar-refractivity contribution in [3.05, 3.63) is 17.5 Å². The van der Waals surface area contributed by atoms with E-state index in [0.717, 1.165) is 37.6 Å². The second-order valence-electron chi connectivity index (χ2n) is 3.57. The van der Waals surface area contributed by atoms with Crippen LogP contribution in [-0.4, -0.2) is 37.4 Å². The molecule has 0 unspecified atom stereocenters. The Balaban J connectivity index is 2.27. The summed E-state index contributed by atoms with van der Waals surface area (Å²) < 4.78 is 10.1. The van der Waals surface area contributed by atoms with E-state index in [9.17, 15) is 0 Å². The van der Waals surface area contributed by atoms with E-state index in [2.05, 4.69) is 10.1 Å². The Morgan fingerprint density at radius 1 is 1.60 bits per heavy atom. The molecule has 1 aromatic rings. The first kappa shape index (κ1) is 12.2. The predicted molar refractivity (Wildman–Crippen MR) is 57.2 cm³/mol. The van der Waals surface area contributed by atoms with Crippen molar-refractivity contribution >= 4 is 0 Å². The normalized spacial score (nSPS) is 11.2. The van der Waals surface area contributed by atoms with Gasteiger partial charge in [0, 0.05) is 32.9 Å². The van der Waals surface area contributed by atoms with Crippen LogP contribution in [-0.2, 0) is 17.8 Å². The number of methoxy groups -OCH3 is 1. The van der Waals surface area contributed by atoms with Gasteiger partial charge in [0.15, 0.2) is 5.76 Å². The third-order valence-corrected chi connectivity index (χ3v) is 2.13. The Labute approximate surface area is 90.2 Å². The number of nitrogens with two attached hydrogens (primary N) is 1. The molecule has 5 heteroatoms. The van der Waals surface area contributed by atoms with Gasteiger partial charge in [-0.3, -0.25) is 4.90 Å². The first-order chi connectivity index (χ1) is 7.26. The van der Waals surface area contributed by atoms with Gasteiger partial charge in [-0.25, -0.2) is 0 Å². The van der Waals surface area contributed by atoms with Crippen molar-refractivity contribution in [2.45, 2.75) is 19.5 Å². The van der Waals surface area contributed by atoms with Crippen LogP contribution in [0, 0.1) is 0 Å². The number of aromatic nitrogens is 1. The van der Waals surface area contributed by atoms with Gasteiger partial charge in [0.1, 0.15) is 0 Å². The van der Waals surface area contributed by atoms with Gasteiger partial charge < -0.3 is 15.0 Å².